The molecule has 1 aliphatic heterocycles. The van der Waals surface area contributed by atoms with Crippen LogP contribution in [0, 0.1) is 0 Å². The van der Waals surface area contributed by atoms with E-state index in [-0.39, 0.29) is 0 Å². The van der Waals surface area contributed by atoms with Crippen LogP contribution in [-0.4, -0.2) is 18.9 Å². The third kappa shape index (κ3) is 3.25. The molecule has 0 radical (unpaired) electrons. The molecule has 10 heavy (non-hydrogen) atoms. The molecule has 0 atom stereocenters. The second-order valence-corrected chi connectivity index (χ2v) is 1.54. The molecule has 0 unspecified atom stereocenters. The van der Waals surface area contributed by atoms with Gasteiger partial charge in [0.15, 0.2) is 0 Å². The van der Waals surface area contributed by atoms with Gasteiger partial charge in [-0.25, -0.2) is 0 Å². The SMILES string of the molecule is CC.NCC1=NCC=CN1. The van der Waals surface area contributed by atoms with Gasteiger partial charge in [0.25, 0.3) is 0 Å². The van der Waals surface area contributed by atoms with E-state index in [0.717, 1.165) is 12.4 Å². The van der Waals surface area contributed by atoms with Crippen LogP contribution in [-0.2, 0) is 0 Å². The van der Waals surface area contributed by atoms with E-state index >= 15 is 0 Å². The molecule has 1 rings (SSSR count). The van der Waals surface area contributed by atoms with Crippen LogP contribution in [0.25, 0.3) is 0 Å². The van der Waals surface area contributed by atoms with Gasteiger partial charge in [0.05, 0.1) is 13.1 Å². The average molecular weight is 141 g/mol. The topological polar surface area (TPSA) is 50.4 Å². The first kappa shape index (κ1) is 9.17. The Hall–Kier alpha value is -0.830. The molecule has 0 amide bonds. The zero-order valence-corrected chi connectivity index (χ0v) is 6.59. The normalized spacial score (nSPS) is 14.5. The van der Waals surface area contributed by atoms with Crippen LogP contribution < -0.4 is 11.1 Å². The summed E-state index contributed by atoms with van der Waals surface area (Å²) in [5.41, 5.74) is 5.28. The Balaban J connectivity index is 0.000000371. The van der Waals surface area contributed by atoms with Crippen molar-refractivity contribution in [1.29, 1.82) is 0 Å². The van der Waals surface area contributed by atoms with E-state index in [2.05, 4.69) is 10.3 Å². The van der Waals surface area contributed by atoms with E-state index in [1.165, 1.54) is 0 Å². The quantitative estimate of drug-likeness (QED) is 0.558. The van der Waals surface area contributed by atoms with Crippen LogP contribution in [0.3, 0.4) is 0 Å². The molecule has 0 aromatic rings. The maximum Gasteiger partial charge on any atom is 0.114 e. The molecular formula is C7H15N3. The standard InChI is InChI=1S/C5H9N3.C2H6/c6-4-5-7-2-1-3-8-5;1-2/h1-2H,3-4,6H2,(H,7,8);1-2H3. The van der Waals surface area contributed by atoms with Crippen molar-refractivity contribution in [2.45, 2.75) is 13.8 Å². The Kier molecular flexibility index (Phi) is 5.77. The number of amidine groups is 1. The van der Waals surface area contributed by atoms with Crippen LogP contribution in [0.1, 0.15) is 13.8 Å². The van der Waals surface area contributed by atoms with E-state index in [0.29, 0.717) is 6.54 Å². The van der Waals surface area contributed by atoms with E-state index in [1.807, 2.05) is 26.1 Å². The Labute approximate surface area is 62.0 Å². The number of nitrogens with one attached hydrogen (secondary N) is 1. The van der Waals surface area contributed by atoms with Gasteiger partial charge in [-0.2, -0.15) is 0 Å². The van der Waals surface area contributed by atoms with Crippen LogP contribution >= 0.6 is 0 Å². The van der Waals surface area contributed by atoms with E-state index in [9.17, 15) is 0 Å². The lowest BCUT2D eigenvalue weighted by atomic mass is 10.5. The molecule has 0 aromatic heterocycles. The first-order valence-electron chi connectivity index (χ1n) is 3.58. The van der Waals surface area contributed by atoms with Crippen LogP contribution in [0.5, 0.6) is 0 Å². The second-order valence-electron chi connectivity index (χ2n) is 1.54. The molecule has 0 spiro atoms. The lowest BCUT2D eigenvalue weighted by Crippen LogP contribution is -2.28. The predicted molar refractivity (Wildman–Crippen MR) is 45.0 cm³/mol. The first-order chi connectivity index (χ1) is 4.93. The van der Waals surface area contributed by atoms with Gasteiger partial charge in [0, 0.05) is 0 Å². The highest BCUT2D eigenvalue weighted by atomic mass is 15.0. The molecule has 1 aliphatic rings. The van der Waals surface area contributed by atoms with Crippen molar-refractivity contribution in [2.75, 3.05) is 13.1 Å². The zero-order valence-electron chi connectivity index (χ0n) is 6.59. The van der Waals surface area contributed by atoms with Crippen molar-refractivity contribution < 1.29 is 0 Å². The van der Waals surface area contributed by atoms with Gasteiger partial charge in [-0.05, 0) is 12.3 Å². The number of hydrogen-bond donors (Lipinski definition) is 2. The Morgan fingerprint density at radius 3 is 2.70 bits per heavy atom. The predicted octanol–water partition coefficient (Wildman–Crippen LogP) is 0.487. The minimum Gasteiger partial charge on any atom is -0.350 e. The van der Waals surface area contributed by atoms with Crippen molar-refractivity contribution in [3.05, 3.63) is 12.3 Å². The molecule has 0 bridgehead atoms. The molecule has 0 saturated carbocycles. The lowest BCUT2D eigenvalue weighted by molar-refractivity contribution is 1.05. The fraction of sp³-hybridized carbons (Fsp3) is 0.571. The monoisotopic (exact) mass is 141 g/mol. The molecule has 1 heterocycles. The summed E-state index contributed by atoms with van der Waals surface area (Å²) < 4.78 is 0. The van der Waals surface area contributed by atoms with Crippen LogP contribution in [0.4, 0.5) is 0 Å². The van der Waals surface area contributed by atoms with Crippen molar-refractivity contribution in [1.82, 2.24) is 5.32 Å². The largest absolute Gasteiger partial charge is 0.350 e. The summed E-state index contributed by atoms with van der Waals surface area (Å²) >= 11 is 0. The van der Waals surface area contributed by atoms with Gasteiger partial charge in [-0.3, -0.25) is 4.99 Å². The number of aliphatic imine (C=N–C) groups is 1. The van der Waals surface area contributed by atoms with E-state index < -0.39 is 0 Å². The smallest absolute Gasteiger partial charge is 0.114 e. The van der Waals surface area contributed by atoms with Gasteiger partial charge in [-0.1, -0.05) is 13.8 Å². The van der Waals surface area contributed by atoms with Crippen molar-refractivity contribution >= 4 is 5.84 Å². The minimum absolute atomic E-state index is 0.504. The summed E-state index contributed by atoms with van der Waals surface area (Å²) in [6.07, 6.45) is 3.80. The van der Waals surface area contributed by atoms with Crippen molar-refractivity contribution in [3.8, 4) is 0 Å². The molecule has 0 aliphatic carbocycles. The van der Waals surface area contributed by atoms with Gasteiger partial charge in [-0.15, -0.1) is 0 Å². The van der Waals surface area contributed by atoms with Gasteiger partial charge >= 0.3 is 0 Å². The number of nitrogens with zero attached hydrogens (tertiary/aromatic N) is 1. The molecule has 3 heteroatoms. The van der Waals surface area contributed by atoms with Crippen molar-refractivity contribution in [3.63, 3.8) is 0 Å². The summed E-state index contributed by atoms with van der Waals surface area (Å²) in [7, 11) is 0. The Morgan fingerprint density at radius 1 is 1.70 bits per heavy atom. The maximum absolute atomic E-state index is 5.28. The van der Waals surface area contributed by atoms with Crippen LogP contribution in [0.15, 0.2) is 17.3 Å². The molecule has 3 nitrogen and oxygen atoms in total. The molecular weight excluding hydrogens is 126 g/mol. The molecule has 3 N–H and O–H groups in total. The summed E-state index contributed by atoms with van der Waals surface area (Å²) in [4.78, 5) is 4.04. The molecule has 0 aromatic carbocycles. The number of hydrogen-bond acceptors (Lipinski definition) is 3. The Morgan fingerprint density at radius 2 is 2.40 bits per heavy atom. The average Bonchev–Trinajstić information content (AvgIpc) is 2.10. The summed E-state index contributed by atoms with van der Waals surface area (Å²) in [6, 6.07) is 0. The lowest BCUT2D eigenvalue weighted by Gasteiger charge is -2.05. The van der Waals surface area contributed by atoms with Gasteiger partial charge < -0.3 is 11.1 Å². The summed E-state index contributed by atoms with van der Waals surface area (Å²) in [6.45, 7) is 5.27. The highest BCUT2D eigenvalue weighted by Crippen LogP contribution is 1.81. The summed E-state index contributed by atoms with van der Waals surface area (Å²) in [5, 5.41) is 2.91. The molecule has 58 valence electrons. The molecule has 0 saturated heterocycles. The fourth-order valence-corrected chi connectivity index (χ4v) is 0.540. The van der Waals surface area contributed by atoms with E-state index in [4.69, 9.17) is 5.73 Å². The fourth-order valence-electron chi connectivity index (χ4n) is 0.540. The van der Waals surface area contributed by atoms with Gasteiger partial charge in [0.2, 0.25) is 0 Å². The highest BCUT2D eigenvalue weighted by Gasteiger charge is 1.92. The van der Waals surface area contributed by atoms with Crippen LogP contribution in [0.2, 0.25) is 0 Å². The number of nitrogens with two attached hydrogens (primary N) is 1. The third-order valence-electron chi connectivity index (χ3n) is 0.949. The minimum atomic E-state index is 0.504. The zero-order chi connectivity index (χ0) is 7.82. The maximum atomic E-state index is 5.28. The summed E-state index contributed by atoms with van der Waals surface area (Å²) in [5.74, 6) is 0.868. The third-order valence-corrected chi connectivity index (χ3v) is 0.949. The van der Waals surface area contributed by atoms with E-state index in [1.54, 1.807) is 0 Å². The number of rotatable bonds is 1. The van der Waals surface area contributed by atoms with Gasteiger partial charge in [0.1, 0.15) is 5.84 Å². The second kappa shape index (κ2) is 6.29. The Bertz CT molecular complexity index is 127. The highest BCUT2D eigenvalue weighted by molar-refractivity contribution is 5.85. The molecule has 0 fully saturated rings. The van der Waals surface area contributed by atoms with Crippen molar-refractivity contribution in [2.24, 2.45) is 10.7 Å². The first-order valence-corrected chi connectivity index (χ1v) is 3.58.